The maximum atomic E-state index is 12.3. The predicted octanol–water partition coefficient (Wildman–Crippen LogP) is -0.230. The lowest BCUT2D eigenvalue weighted by Crippen LogP contribution is -2.54. The second-order valence-electron chi connectivity index (χ2n) is 6.07. The Morgan fingerprint density at radius 1 is 1.29 bits per heavy atom. The van der Waals surface area contributed by atoms with Crippen LogP contribution in [0, 0.1) is 0 Å². The zero-order valence-corrected chi connectivity index (χ0v) is 13.9. The smallest absolute Gasteiger partial charge is 0.317 e. The highest BCUT2D eigenvalue weighted by Crippen LogP contribution is 2.14. The normalized spacial score (nSPS) is 21.8. The molecule has 3 amide bonds. The van der Waals surface area contributed by atoms with Crippen LogP contribution in [0.1, 0.15) is 0 Å². The molecule has 130 valence electrons. The Labute approximate surface area is 141 Å². The minimum atomic E-state index is -0.144. The zero-order chi connectivity index (χ0) is 16.9. The van der Waals surface area contributed by atoms with Crippen molar-refractivity contribution in [2.75, 3.05) is 57.8 Å². The molecule has 1 atom stereocenters. The van der Waals surface area contributed by atoms with E-state index in [-0.39, 0.29) is 24.6 Å². The summed E-state index contributed by atoms with van der Waals surface area (Å²) in [5, 5.41) is 2.91. The van der Waals surface area contributed by atoms with E-state index in [1.807, 2.05) is 17.0 Å². The number of carbonyl (C=O) groups excluding carboxylic acids is 2. The van der Waals surface area contributed by atoms with Gasteiger partial charge < -0.3 is 24.8 Å². The summed E-state index contributed by atoms with van der Waals surface area (Å²) in [5.74, 6) is -0.0233. The van der Waals surface area contributed by atoms with E-state index in [4.69, 9.17) is 4.74 Å². The number of amides is 3. The number of nitrogens with zero attached hydrogens (tertiary/aromatic N) is 4. The number of anilines is 1. The zero-order valence-electron chi connectivity index (χ0n) is 13.9. The second-order valence-corrected chi connectivity index (χ2v) is 6.07. The number of hydrogen-bond donors (Lipinski definition) is 1. The van der Waals surface area contributed by atoms with Gasteiger partial charge in [-0.15, -0.1) is 0 Å². The Hall–Kier alpha value is -2.35. The Morgan fingerprint density at radius 2 is 2.00 bits per heavy atom. The summed E-state index contributed by atoms with van der Waals surface area (Å²) in [7, 11) is 1.75. The Kier molecular flexibility index (Phi) is 5.14. The highest BCUT2D eigenvalue weighted by Gasteiger charge is 2.25. The van der Waals surface area contributed by atoms with Crippen LogP contribution in [0.15, 0.2) is 24.5 Å². The number of pyridine rings is 1. The van der Waals surface area contributed by atoms with Gasteiger partial charge in [-0.05, 0) is 12.1 Å². The Morgan fingerprint density at radius 3 is 2.67 bits per heavy atom. The largest absolute Gasteiger partial charge is 0.368 e. The molecule has 8 nitrogen and oxygen atoms in total. The van der Waals surface area contributed by atoms with E-state index in [9.17, 15) is 9.59 Å². The van der Waals surface area contributed by atoms with Crippen molar-refractivity contribution < 1.29 is 14.3 Å². The Bertz CT molecular complexity index is 574. The van der Waals surface area contributed by atoms with Crippen molar-refractivity contribution in [2.24, 2.45) is 0 Å². The molecule has 2 aliphatic rings. The maximum Gasteiger partial charge on any atom is 0.317 e. The quantitative estimate of drug-likeness (QED) is 0.827. The van der Waals surface area contributed by atoms with Crippen LogP contribution >= 0.6 is 0 Å². The number of urea groups is 1. The minimum absolute atomic E-state index is 0.0233. The number of ether oxygens (including phenoxy) is 1. The highest BCUT2D eigenvalue weighted by atomic mass is 16.5. The van der Waals surface area contributed by atoms with Crippen LogP contribution in [0.2, 0.25) is 0 Å². The molecule has 3 rings (SSSR count). The highest BCUT2D eigenvalue weighted by molar-refractivity contribution is 5.78. The number of nitrogens with one attached hydrogen (secondary N) is 1. The van der Waals surface area contributed by atoms with Crippen molar-refractivity contribution in [1.29, 1.82) is 0 Å². The minimum Gasteiger partial charge on any atom is -0.368 e. The van der Waals surface area contributed by atoms with Gasteiger partial charge in [0.2, 0.25) is 5.91 Å². The first kappa shape index (κ1) is 16.5. The molecule has 0 aliphatic carbocycles. The van der Waals surface area contributed by atoms with E-state index in [1.54, 1.807) is 24.3 Å². The number of likely N-dealkylation sites (N-methyl/N-ethyl adjacent to an activating group) is 1. The van der Waals surface area contributed by atoms with Gasteiger partial charge in [0.15, 0.2) is 0 Å². The number of aromatic nitrogens is 1. The van der Waals surface area contributed by atoms with Gasteiger partial charge in [0, 0.05) is 64.4 Å². The molecule has 0 spiro atoms. The standard InChI is InChI=1S/C16H23N5O3/c1-19-11-14(24-12-15(19)22)10-18-16(23)21-8-6-20(7-9-21)13-2-4-17-5-3-13/h2-5,14H,6-12H2,1H3,(H,18,23). The lowest BCUT2D eigenvalue weighted by Gasteiger charge is -2.36. The first-order chi connectivity index (χ1) is 11.6. The molecule has 1 aromatic rings. The second kappa shape index (κ2) is 7.48. The molecule has 2 aliphatic heterocycles. The molecule has 1 unspecified atom stereocenters. The van der Waals surface area contributed by atoms with Gasteiger partial charge in [0.25, 0.3) is 0 Å². The molecule has 0 radical (unpaired) electrons. The van der Waals surface area contributed by atoms with E-state index in [0.29, 0.717) is 26.2 Å². The molecule has 24 heavy (non-hydrogen) atoms. The molecule has 3 heterocycles. The maximum absolute atomic E-state index is 12.3. The first-order valence-electron chi connectivity index (χ1n) is 8.17. The van der Waals surface area contributed by atoms with E-state index in [1.165, 1.54) is 0 Å². The van der Waals surface area contributed by atoms with Crippen LogP contribution in [0.5, 0.6) is 0 Å². The van der Waals surface area contributed by atoms with Crippen molar-refractivity contribution in [3.63, 3.8) is 0 Å². The molecule has 1 N–H and O–H groups in total. The van der Waals surface area contributed by atoms with Crippen LogP contribution in [-0.4, -0.2) is 85.7 Å². The lowest BCUT2D eigenvalue weighted by molar-refractivity contribution is -0.146. The van der Waals surface area contributed by atoms with Crippen LogP contribution in [0.25, 0.3) is 0 Å². The fourth-order valence-corrected chi connectivity index (χ4v) is 2.92. The third kappa shape index (κ3) is 3.94. The molecule has 2 fully saturated rings. The summed E-state index contributed by atoms with van der Waals surface area (Å²) in [6, 6.07) is 3.88. The van der Waals surface area contributed by atoms with E-state index >= 15 is 0 Å². The molecule has 0 aromatic carbocycles. The summed E-state index contributed by atoms with van der Waals surface area (Å²) < 4.78 is 5.43. The topological polar surface area (TPSA) is 78.0 Å². The lowest BCUT2D eigenvalue weighted by atomic mass is 10.2. The van der Waals surface area contributed by atoms with Crippen molar-refractivity contribution in [2.45, 2.75) is 6.10 Å². The van der Waals surface area contributed by atoms with Crippen molar-refractivity contribution in [3.8, 4) is 0 Å². The molecular weight excluding hydrogens is 310 g/mol. The van der Waals surface area contributed by atoms with Crippen molar-refractivity contribution in [3.05, 3.63) is 24.5 Å². The number of hydrogen-bond acceptors (Lipinski definition) is 5. The molecule has 8 heteroatoms. The first-order valence-corrected chi connectivity index (χ1v) is 8.17. The van der Waals surface area contributed by atoms with Gasteiger partial charge in [-0.25, -0.2) is 4.79 Å². The molecule has 0 bridgehead atoms. The SMILES string of the molecule is CN1CC(CNC(=O)N2CCN(c3ccncc3)CC2)OCC1=O. The van der Waals surface area contributed by atoms with Gasteiger partial charge in [-0.1, -0.05) is 0 Å². The summed E-state index contributed by atoms with van der Waals surface area (Å²) >= 11 is 0. The van der Waals surface area contributed by atoms with Gasteiger partial charge in [0.05, 0.1) is 6.10 Å². The molecule has 1 aromatic heterocycles. The molecule has 2 saturated heterocycles. The fraction of sp³-hybridized carbons (Fsp3) is 0.562. The van der Waals surface area contributed by atoms with Crippen LogP contribution < -0.4 is 10.2 Å². The van der Waals surface area contributed by atoms with Crippen LogP contribution in [0.4, 0.5) is 10.5 Å². The number of morpholine rings is 1. The van der Waals surface area contributed by atoms with Crippen LogP contribution in [-0.2, 0) is 9.53 Å². The van der Waals surface area contributed by atoms with Gasteiger partial charge >= 0.3 is 6.03 Å². The van der Waals surface area contributed by atoms with E-state index in [2.05, 4.69) is 15.2 Å². The van der Waals surface area contributed by atoms with Gasteiger partial charge in [-0.3, -0.25) is 9.78 Å². The predicted molar refractivity (Wildman–Crippen MR) is 88.8 cm³/mol. The molecular formula is C16H23N5O3. The van der Waals surface area contributed by atoms with Gasteiger partial charge in [0.1, 0.15) is 6.61 Å². The summed E-state index contributed by atoms with van der Waals surface area (Å²) in [6.45, 7) is 3.97. The van der Waals surface area contributed by atoms with E-state index in [0.717, 1.165) is 18.8 Å². The third-order valence-electron chi connectivity index (χ3n) is 4.42. The monoisotopic (exact) mass is 333 g/mol. The summed E-state index contributed by atoms with van der Waals surface area (Å²) in [4.78, 5) is 33.4. The number of rotatable bonds is 3. The van der Waals surface area contributed by atoms with Crippen molar-refractivity contribution >= 4 is 17.6 Å². The number of piperazine rings is 1. The molecule has 0 saturated carbocycles. The van der Waals surface area contributed by atoms with Crippen molar-refractivity contribution in [1.82, 2.24) is 20.1 Å². The average molecular weight is 333 g/mol. The van der Waals surface area contributed by atoms with Gasteiger partial charge in [-0.2, -0.15) is 0 Å². The number of carbonyl (C=O) groups is 2. The summed E-state index contributed by atoms with van der Waals surface area (Å²) in [6.07, 6.45) is 3.41. The Balaban J connectivity index is 1.42. The van der Waals surface area contributed by atoms with Crippen LogP contribution in [0.3, 0.4) is 0 Å². The van der Waals surface area contributed by atoms with E-state index < -0.39 is 0 Å². The summed E-state index contributed by atoms with van der Waals surface area (Å²) in [5.41, 5.74) is 1.13. The third-order valence-corrected chi connectivity index (χ3v) is 4.42. The average Bonchev–Trinajstić information content (AvgIpc) is 2.63. The fourth-order valence-electron chi connectivity index (χ4n) is 2.92.